The van der Waals surface area contributed by atoms with E-state index in [1.165, 1.54) is 19.1 Å². The van der Waals surface area contributed by atoms with Gasteiger partial charge in [-0.25, -0.2) is 15.0 Å². The molecule has 0 bridgehead atoms. The Labute approximate surface area is 209 Å². The first-order chi connectivity index (χ1) is 17.4. The van der Waals surface area contributed by atoms with E-state index in [2.05, 4.69) is 5.43 Å². The fourth-order valence-corrected chi connectivity index (χ4v) is 3.54. The molecule has 1 N–H and O–H groups in total. The van der Waals surface area contributed by atoms with Crippen molar-refractivity contribution in [2.45, 2.75) is 39.0 Å². The molecule has 0 radical (unpaired) electrons. The van der Waals surface area contributed by atoms with Gasteiger partial charge in [-0.1, -0.05) is 97.9 Å². The summed E-state index contributed by atoms with van der Waals surface area (Å²) in [6, 6.07) is 25.9. The summed E-state index contributed by atoms with van der Waals surface area (Å²) < 4.78 is 10.6. The lowest BCUT2D eigenvalue weighted by Gasteiger charge is -2.37. The van der Waals surface area contributed by atoms with E-state index in [9.17, 15) is 19.2 Å². The molecule has 0 fully saturated rings. The summed E-state index contributed by atoms with van der Waals surface area (Å²) in [6.07, 6.45) is -2.17. The molecule has 0 aliphatic heterocycles. The van der Waals surface area contributed by atoms with E-state index in [4.69, 9.17) is 9.47 Å². The van der Waals surface area contributed by atoms with Crippen molar-refractivity contribution < 1.29 is 28.7 Å². The van der Waals surface area contributed by atoms with Gasteiger partial charge in [-0.2, -0.15) is 5.01 Å². The van der Waals surface area contributed by atoms with Gasteiger partial charge in [0.2, 0.25) is 0 Å². The third-order valence-corrected chi connectivity index (χ3v) is 5.59. The highest BCUT2D eigenvalue weighted by molar-refractivity contribution is 6.19. The number of ether oxygens (including phenoxy) is 2. The summed E-state index contributed by atoms with van der Waals surface area (Å²) in [5.41, 5.74) is 1.81. The topological polar surface area (TPSA) is 102 Å². The normalized spacial score (nSPS) is 12.1. The van der Waals surface area contributed by atoms with Crippen LogP contribution in [-0.2, 0) is 27.5 Å². The summed E-state index contributed by atoms with van der Waals surface area (Å²) in [6.45, 7) is 2.65. The lowest BCUT2D eigenvalue weighted by molar-refractivity contribution is -0.128. The minimum absolute atomic E-state index is 0.0711. The predicted octanol–water partition coefficient (Wildman–Crippen LogP) is 5.09. The highest BCUT2D eigenvalue weighted by Crippen LogP contribution is 2.24. The molecule has 0 heterocycles. The fourth-order valence-electron chi connectivity index (χ4n) is 3.54. The number of hydrogen-bond acceptors (Lipinski definition) is 6. The summed E-state index contributed by atoms with van der Waals surface area (Å²) in [5, 5.41) is 0.629. The Morgan fingerprint density at radius 1 is 0.750 bits per heavy atom. The second-order valence-electron chi connectivity index (χ2n) is 8.09. The standard InChI is InChI=1S/C28H28N2O6/c1-3-24(31)28(2,25(32)23-17-11-6-12-18-23)30(27(34)36-20-22-15-9-5-10-16-22)29-26(33)35-19-21-13-7-4-8-14-21/h4-18H,3,19-20H2,1-2H3,(H,29,33). The third kappa shape index (κ3) is 6.35. The van der Waals surface area contributed by atoms with Gasteiger partial charge in [0.05, 0.1) is 0 Å². The Morgan fingerprint density at radius 3 is 1.72 bits per heavy atom. The van der Waals surface area contributed by atoms with Crippen LogP contribution in [0.15, 0.2) is 91.0 Å². The van der Waals surface area contributed by atoms with E-state index in [-0.39, 0.29) is 25.2 Å². The molecule has 0 saturated heterocycles. The van der Waals surface area contributed by atoms with Crippen molar-refractivity contribution in [1.82, 2.24) is 10.4 Å². The molecule has 0 saturated carbocycles. The van der Waals surface area contributed by atoms with Gasteiger partial charge in [0.25, 0.3) is 0 Å². The minimum Gasteiger partial charge on any atom is -0.443 e. The van der Waals surface area contributed by atoms with Crippen LogP contribution < -0.4 is 5.43 Å². The summed E-state index contributed by atoms with van der Waals surface area (Å²) in [4.78, 5) is 52.7. The molecule has 8 nitrogen and oxygen atoms in total. The number of hydrazine groups is 1. The molecule has 2 amide bonds. The maximum absolute atomic E-state index is 13.6. The molecule has 8 heteroatoms. The van der Waals surface area contributed by atoms with Crippen molar-refractivity contribution in [1.29, 1.82) is 0 Å². The molecule has 0 aliphatic carbocycles. The second kappa shape index (κ2) is 12.3. The van der Waals surface area contributed by atoms with E-state index >= 15 is 0 Å². The molecular formula is C28H28N2O6. The first kappa shape index (κ1) is 26.2. The quantitative estimate of drug-likeness (QED) is 0.256. The van der Waals surface area contributed by atoms with E-state index in [1.807, 2.05) is 12.1 Å². The van der Waals surface area contributed by atoms with Crippen molar-refractivity contribution in [3.63, 3.8) is 0 Å². The number of nitrogens with zero attached hydrogens (tertiary/aromatic N) is 1. The van der Waals surface area contributed by atoms with E-state index in [1.54, 1.807) is 73.7 Å². The third-order valence-electron chi connectivity index (χ3n) is 5.59. The van der Waals surface area contributed by atoms with Gasteiger partial charge in [0.15, 0.2) is 17.1 Å². The zero-order valence-electron chi connectivity index (χ0n) is 20.2. The van der Waals surface area contributed by atoms with Gasteiger partial charge in [-0.05, 0) is 18.1 Å². The zero-order chi connectivity index (χ0) is 26.0. The van der Waals surface area contributed by atoms with Crippen LogP contribution in [0.3, 0.4) is 0 Å². The summed E-state index contributed by atoms with van der Waals surface area (Å²) >= 11 is 0. The number of ketones is 2. The second-order valence-corrected chi connectivity index (χ2v) is 8.09. The monoisotopic (exact) mass is 488 g/mol. The number of carbonyl (C=O) groups excluding carboxylic acids is 4. The first-order valence-corrected chi connectivity index (χ1v) is 11.5. The van der Waals surface area contributed by atoms with E-state index < -0.39 is 29.3 Å². The van der Waals surface area contributed by atoms with Crippen molar-refractivity contribution in [3.8, 4) is 0 Å². The number of rotatable bonds is 9. The average molecular weight is 489 g/mol. The number of hydrogen-bond donors (Lipinski definition) is 1. The summed E-state index contributed by atoms with van der Waals surface area (Å²) in [7, 11) is 0. The molecule has 0 aliphatic rings. The number of amides is 2. The Hall–Kier alpha value is -4.46. The number of Topliss-reactive ketones (excluding diaryl/α,β-unsaturated/α-hetero) is 2. The molecule has 36 heavy (non-hydrogen) atoms. The van der Waals surface area contributed by atoms with Crippen LogP contribution in [-0.4, -0.2) is 34.3 Å². The minimum atomic E-state index is -2.09. The maximum atomic E-state index is 13.6. The molecule has 1 atom stereocenters. The smallest absolute Gasteiger partial charge is 0.430 e. The zero-order valence-corrected chi connectivity index (χ0v) is 20.2. The van der Waals surface area contributed by atoms with Crippen molar-refractivity contribution in [3.05, 3.63) is 108 Å². The molecule has 3 rings (SSSR count). The van der Waals surface area contributed by atoms with Crippen molar-refractivity contribution in [2.24, 2.45) is 0 Å². The van der Waals surface area contributed by atoms with Crippen LogP contribution in [0.25, 0.3) is 0 Å². The lowest BCUT2D eigenvalue weighted by Crippen LogP contribution is -2.66. The summed E-state index contributed by atoms with van der Waals surface area (Å²) in [5.74, 6) is -1.26. The Bertz CT molecular complexity index is 1180. The van der Waals surface area contributed by atoms with Crippen molar-refractivity contribution >= 4 is 23.8 Å². The Kier molecular flexibility index (Phi) is 8.94. The number of benzene rings is 3. The van der Waals surface area contributed by atoms with Crippen LogP contribution in [0.2, 0.25) is 0 Å². The van der Waals surface area contributed by atoms with Gasteiger partial charge >= 0.3 is 12.2 Å². The molecule has 186 valence electrons. The van der Waals surface area contributed by atoms with Crippen LogP contribution in [0, 0.1) is 0 Å². The van der Waals surface area contributed by atoms with Gasteiger partial charge in [-0.3, -0.25) is 9.59 Å². The predicted molar refractivity (Wildman–Crippen MR) is 133 cm³/mol. The van der Waals surface area contributed by atoms with Gasteiger partial charge < -0.3 is 9.47 Å². The SMILES string of the molecule is CCC(=O)C(C)(C(=O)c1ccccc1)N(NC(=O)OCc1ccccc1)C(=O)OCc1ccccc1. The average Bonchev–Trinajstić information content (AvgIpc) is 2.93. The van der Waals surface area contributed by atoms with Gasteiger partial charge in [0.1, 0.15) is 13.2 Å². The number of nitrogens with one attached hydrogen (secondary N) is 1. The van der Waals surface area contributed by atoms with Gasteiger partial charge in [-0.15, -0.1) is 0 Å². The van der Waals surface area contributed by atoms with Crippen LogP contribution >= 0.6 is 0 Å². The molecule has 0 spiro atoms. The Morgan fingerprint density at radius 2 is 1.22 bits per heavy atom. The molecule has 1 unspecified atom stereocenters. The van der Waals surface area contributed by atoms with E-state index in [0.29, 0.717) is 10.6 Å². The highest BCUT2D eigenvalue weighted by Gasteiger charge is 2.50. The van der Waals surface area contributed by atoms with Crippen LogP contribution in [0.5, 0.6) is 0 Å². The van der Waals surface area contributed by atoms with Crippen molar-refractivity contribution in [2.75, 3.05) is 0 Å². The largest absolute Gasteiger partial charge is 0.443 e. The molecule has 3 aromatic rings. The molecular weight excluding hydrogens is 460 g/mol. The van der Waals surface area contributed by atoms with Gasteiger partial charge in [0, 0.05) is 12.0 Å². The Balaban J connectivity index is 1.90. The number of carbonyl (C=O) groups is 4. The molecule has 3 aromatic carbocycles. The molecule has 0 aromatic heterocycles. The fraction of sp³-hybridized carbons (Fsp3) is 0.214. The van der Waals surface area contributed by atoms with Crippen LogP contribution in [0.4, 0.5) is 9.59 Å². The first-order valence-electron chi connectivity index (χ1n) is 11.5. The highest BCUT2D eigenvalue weighted by atomic mass is 16.6. The van der Waals surface area contributed by atoms with E-state index in [0.717, 1.165) is 5.56 Å². The van der Waals surface area contributed by atoms with Crippen LogP contribution in [0.1, 0.15) is 41.8 Å². The maximum Gasteiger partial charge on any atom is 0.430 e. The lowest BCUT2D eigenvalue weighted by atomic mass is 9.85.